The first-order valence-electron chi connectivity index (χ1n) is 7.67. The molecule has 0 aliphatic carbocycles. The number of thioether (sulfide) groups is 1. The Hall–Kier alpha value is -2.66. The summed E-state index contributed by atoms with van der Waals surface area (Å²) in [6.07, 6.45) is 4.84. The van der Waals surface area contributed by atoms with Gasteiger partial charge in [-0.3, -0.25) is 9.78 Å². The first-order valence-corrected chi connectivity index (χ1v) is 8.65. The minimum Gasteiger partial charge on any atom is -0.352 e. The Morgan fingerprint density at radius 2 is 1.79 bits per heavy atom. The van der Waals surface area contributed by atoms with Gasteiger partial charge >= 0.3 is 0 Å². The number of benzene rings is 2. The minimum atomic E-state index is -0.126. The number of carbonyl (C=O) groups excluding carboxylic acids is 1. The molecule has 0 spiro atoms. The van der Waals surface area contributed by atoms with Crippen LogP contribution in [0, 0.1) is 0 Å². The molecule has 0 aliphatic heterocycles. The molecule has 0 atom stereocenters. The van der Waals surface area contributed by atoms with Crippen LogP contribution < -0.4 is 5.32 Å². The standard InChI is InChI=1S/C19H17N3OS/c23-19(20-12-13-24-16-6-2-1-3-7-16)11-10-15-14-21-17-8-4-5-9-18(17)22-15/h1-11,14H,12-13H2,(H,20,23). The number of hydrogen-bond acceptors (Lipinski definition) is 4. The van der Waals surface area contributed by atoms with Crippen LogP contribution in [-0.2, 0) is 4.79 Å². The number of nitrogens with one attached hydrogen (secondary N) is 1. The fourth-order valence-electron chi connectivity index (χ4n) is 2.13. The van der Waals surface area contributed by atoms with Crippen molar-refractivity contribution in [1.82, 2.24) is 15.3 Å². The predicted molar refractivity (Wildman–Crippen MR) is 98.7 cm³/mol. The van der Waals surface area contributed by atoms with Gasteiger partial charge in [-0.05, 0) is 30.3 Å². The van der Waals surface area contributed by atoms with Crippen LogP contribution in [0.3, 0.4) is 0 Å². The maximum Gasteiger partial charge on any atom is 0.244 e. The van der Waals surface area contributed by atoms with Gasteiger partial charge in [0.2, 0.25) is 5.91 Å². The molecule has 0 bridgehead atoms. The SMILES string of the molecule is O=C(C=Cc1cnc2ccccc2n1)NCCSc1ccccc1. The summed E-state index contributed by atoms with van der Waals surface area (Å²) >= 11 is 1.72. The maximum absolute atomic E-state index is 11.8. The molecule has 0 unspecified atom stereocenters. The van der Waals surface area contributed by atoms with E-state index in [1.54, 1.807) is 24.0 Å². The van der Waals surface area contributed by atoms with Crippen LogP contribution in [0.2, 0.25) is 0 Å². The second kappa shape index (κ2) is 8.26. The van der Waals surface area contributed by atoms with Crippen LogP contribution >= 0.6 is 11.8 Å². The molecule has 1 aromatic heterocycles. The van der Waals surface area contributed by atoms with Gasteiger partial charge in [0, 0.05) is 23.3 Å². The highest BCUT2D eigenvalue weighted by atomic mass is 32.2. The molecular formula is C19H17N3OS. The van der Waals surface area contributed by atoms with Crippen molar-refractivity contribution >= 4 is 34.8 Å². The third-order valence-electron chi connectivity index (χ3n) is 3.29. The second-order valence-electron chi connectivity index (χ2n) is 5.07. The van der Waals surface area contributed by atoms with E-state index in [4.69, 9.17) is 0 Å². The molecular weight excluding hydrogens is 318 g/mol. The maximum atomic E-state index is 11.8. The quantitative estimate of drug-likeness (QED) is 0.425. The summed E-state index contributed by atoms with van der Waals surface area (Å²) in [4.78, 5) is 21.8. The Morgan fingerprint density at radius 3 is 2.62 bits per heavy atom. The molecule has 24 heavy (non-hydrogen) atoms. The molecule has 120 valence electrons. The van der Waals surface area contributed by atoms with E-state index in [1.165, 1.54) is 11.0 Å². The van der Waals surface area contributed by atoms with Crippen molar-refractivity contribution in [2.45, 2.75) is 4.90 Å². The third kappa shape index (κ3) is 4.67. The van der Waals surface area contributed by atoms with Crippen LogP contribution in [0.25, 0.3) is 17.1 Å². The molecule has 2 aromatic carbocycles. The number of para-hydroxylation sites is 2. The van der Waals surface area contributed by atoms with Crippen molar-refractivity contribution in [3.8, 4) is 0 Å². The molecule has 1 N–H and O–H groups in total. The Morgan fingerprint density at radius 1 is 1.04 bits per heavy atom. The first-order chi connectivity index (χ1) is 11.8. The number of amides is 1. The summed E-state index contributed by atoms with van der Waals surface area (Å²) in [5, 5.41) is 2.87. The number of fused-ring (bicyclic) bond motifs is 1. The summed E-state index contributed by atoms with van der Waals surface area (Å²) in [7, 11) is 0. The molecule has 1 heterocycles. The van der Waals surface area contributed by atoms with E-state index < -0.39 is 0 Å². The molecule has 0 saturated carbocycles. The van der Waals surface area contributed by atoms with Crippen molar-refractivity contribution in [2.24, 2.45) is 0 Å². The predicted octanol–water partition coefficient (Wildman–Crippen LogP) is 3.55. The van der Waals surface area contributed by atoms with Crippen LogP contribution in [0.5, 0.6) is 0 Å². The zero-order chi connectivity index (χ0) is 16.6. The summed E-state index contributed by atoms with van der Waals surface area (Å²) in [6.45, 7) is 0.617. The van der Waals surface area contributed by atoms with Gasteiger partial charge in [0.15, 0.2) is 0 Å². The average molecular weight is 335 g/mol. The minimum absolute atomic E-state index is 0.126. The van der Waals surface area contributed by atoms with E-state index in [2.05, 4.69) is 27.4 Å². The Labute approximate surface area is 145 Å². The van der Waals surface area contributed by atoms with Crippen LogP contribution in [0.1, 0.15) is 5.69 Å². The smallest absolute Gasteiger partial charge is 0.244 e. The van der Waals surface area contributed by atoms with Crippen molar-refractivity contribution in [3.05, 3.63) is 72.6 Å². The van der Waals surface area contributed by atoms with E-state index in [1.807, 2.05) is 42.5 Å². The Balaban J connectivity index is 1.47. The highest BCUT2D eigenvalue weighted by Crippen LogP contribution is 2.15. The summed E-state index contributed by atoms with van der Waals surface area (Å²) in [5.74, 6) is 0.706. The third-order valence-corrected chi connectivity index (χ3v) is 4.30. The van der Waals surface area contributed by atoms with Gasteiger partial charge in [0.1, 0.15) is 0 Å². The fourth-order valence-corrected chi connectivity index (χ4v) is 2.92. The average Bonchev–Trinajstić information content (AvgIpc) is 2.64. The largest absolute Gasteiger partial charge is 0.352 e. The molecule has 0 saturated heterocycles. The molecule has 1 amide bonds. The van der Waals surface area contributed by atoms with Crippen LogP contribution in [-0.4, -0.2) is 28.2 Å². The molecule has 3 rings (SSSR count). The number of aromatic nitrogens is 2. The van der Waals surface area contributed by atoms with E-state index in [0.717, 1.165) is 16.8 Å². The van der Waals surface area contributed by atoms with Crippen LogP contribution in [0.15, 0.2) is 71.8 Å². The summed E-state index contributed by atoms with van der Waals surface area (Å²) in [6, 6.07) is 17.8. The molecule has 0 radical (unpaired) electrons. The summed E-state index contributed by atoms with van der Waals surface area (Å²) in [5.41, 5.74) is 2.33. The highest BCUT2D eigenvalue weighted by molar-refractivity contribution is 7.99. The fraction of sp³-hybridized carbons (Fsp3) is 0.105. The lowest BCUT2D eigenvalue weighted by Crippen LogP contribution is -2.23. The van der Waals surface area contributed by atoms with Gasteiger partial charge in [0.05, 0.1) is 22.9 Å². The topological polar surface area (TPSA) is 54.9 Å². The number of hydrogen-bond donors (Lipinski definition) is 1. The van der Waals surface area contributed by atoms with E-state index in [9.17, 15) is 4.79 Å². The normalized spacial score (nSPS) is 11.0. The number of rotatable bonds is 6. The second-order valence-corrected chi connectivity index (χ2v) is 6.24. The van der Waals surface area contributed by atoms with Gasteiger partial charge in [-0.2, -0.15) is 0 Å². The Bertz CT molecular complexity index is 849. The zero-order valence-corrected chi connectivity index (χ0v) is 13.9. The van der Waals surface area contributed by atoms with Gasteiger partial charge in [-0.1, -0.05) is 30.3 Å². The van der Waals surface area contributed by atoms with Crippen molar-refractivity contribution in [2.75, 3.05) is 12.3 Å². The van der Waals surface area contributed by atoms with Gasteiger partial charge < -0.3 is 5.32 Å². The van der Waals surface area contributed by atoms with E-state index in [0.29, 0.717) is 12.2 Å². The molecule has 0 fully saturated rings. The van der Waals surface area contributed by atoms with E-state index in [-0.39, 0.29) is 5.91 Å². The summed E-state index contributed by atoms with van der Waals surface area (Å²) < 4.78 is 0. The molecule has 3 aromatic rings. The zero-order valence-electron chi connectivity index (χ0n) is 13.1. The van der Waals surface area contributed by atoms with Gasteiger partial charge in [-0.15, -0.1) is 11.8 Å². The lowest BCUT2D eigenvalue weighted by atomic mass is 10.3. The first kappa shape index (κ1) is 16.2. The number of nitrogens with zero attached hydrogens (tertiary/aromatic N) is 2. The van der Waals surface area contributed by atoms with E-state index >= 15 is 0 Å². The molecule has 0 aliphatic rings. The van der Waals surface area contributed by atoms with Crippen molar-refractivity contribution < 1.29 is 4.79 Å². The lowest BCUT2D eigenvalue weighted by Gasteiger charge is -2.02. The number of carbonyl (C=O) groups is 1. The van der Waals surface area contributed by atoms with Crippen molar-refractivity contribution in [1.29, 1.82) is 0 Å². The Kier molecular flexibility index (Phi) is 5.58. The highest BCUT2D eigenvalue weighted by Gasteiger charge is 1.99. The lowest BCUT2D eigenvalue weighted by molar-refractivity contribution is -0.116. The monoisotopic (exact) mass is 335 g/mol. The molecule has 5 heteroatoms. The van der Waals surface area contributed by atoms with Crippen molar-refractivity contribution in [3.63, 3.8) is 0 Å². The van der Waals surface area contributed by atoms with Crippen LogP contribution in [0.4, 0.5) is 0 Å². The van der Waals surface area contributed by atoms with Gasteiger partial charge in [0.25, 0.3) is 0 Å². The molecule has 4 nitrogen and oxygen atoms in total. The van der Waals surface area contributed by atoms with Gasteiger partial charge in [-0.25, -0.2) is 4.98 Å².